The second-order valence-corrected chi connectivity index (χ2v) is 4.93. The Balaban J connectivity index is 2.17. The summed E-state index contributed by atoms with van der Waals surface area (Å²) in [5.74, 6) is 5.79. The molecule has 3 nitrogen and oxygen atoms in total. The molecule has 0 aliphatic rings. The van der Waals surface area contributed by atoms with Crippen molar-refractivity contribution in [2.24, 2.45) is 5.84 Å². The van der Waals surface area contributed by atoms with Crippen LogP contribution < -0.4 is 11.3 Å². The summed E-state index contributed by atoms with van der Waals surface area (Å²) >= 11 is 0. The Hall–Kier alpha value is -2.23. The molecular formula is C17H17N3. The van der Waals surface area contributed by atoms with Crippen LogP contribution >= 0.6 is 0 Å². The number of fused-ring (bicyclic) bond motifs is 1. The predicted molar refractivity (Wildman–Crippen MR) is 82.1 cm³/mol. The molecule has 0 fully saturated rings. The fourth-order valence-corrected chi connectivity index (χ4v) is 2.56. The quantitative estimate of drug-likeness (QED) is 0.564. The number of hydrazine groups is 1. The van der Waals surface area contributed by atoms with Gasteiger partial charge in [-0.15, -0.1) is 0 Å². The predicted octanol–water partition coefficient (Wildman–Crippen LogP) is 3.10. The topological polar surface area (TPSA) is 50.9 Å². The molecule has 20 heavy (non-hydrogen) atoms. The maximum atomic E-state index is 5.79. The molecule has 1 aromatic heterocycles. The Morgan fingerprint density at radius 3 is 2.70 bits per heavy atom. The molecule has 0 aliphatic heterocycles. The first-order chi connectivity index (χ1) is 9.79. The minimum Gasteiger partial charge on any atom is -0.271 e. The monoisotopic (exact) mass is 263 g/mol. The first-order valence-corrected chi connectivity index (χ1v) is 6.66. The summed E-state index contributed by atoms with van der Waals surface area (Å²) in [4.78, 5) is 4.54. The van der Waals surface area contributed by atoms with Gasteiger partial charge in [0.15, 0.2) is 0 Å². The number of rotatable bonds is 3. The number of benzene rings is 2. The molecule has 100 valence electrons. The van der Waals surface area contributed by atoms with E-state index < -0.39 is 0 Å². The minimum atomic E-state index is -0.110. The number of aromatic nitrogens is 1. The van der Waals surface area contributed by atoms with Crippen molar-refractivity contribution in [1.82, 2.24) is 10.4 Å². The second kappa shape index (κ2) is 5.41. The molecule has 3 N–H and O–H groups in total. The maximum Gasteiger partial charge on any atom is 0.0887 e. The van der Waals surface area contributed by atoms with Crippen molar-refractivity contribution in [2.75, 3.05) is 0 Å². The molecule has 0 bridgehead atoms. The van der Waals surface area contributed by atoms with E-state index in [1.165, 1.54) is 10.9 Å². The van der Waals surface area contributed by atoms with E-state index in [9.17, 15) is 0 Å². The number of hydrogen-bond acceptors (Lipinski definition) is 3. The van der Waals surface area contributed by atoms with Crippen LogP contribution in [-0.2, 0) is 0 Å². The van der Waals surface area contributed by atoms with E-state index in [2.05, 4.69) is 47.7 Å². The summed E-state index contributed by atoms with van der Waals surface area (Å²) in [7, 11) is 0. The van der Waals surface area contributed by atoms with Crippen LogP contribution in [0.2, 0.25) is 0 Å². The molecule has 1 heterocycles. The first kappa shape index (κ1) is 12.8. The maximum absolute atomic E-state index is 5.79. The molecule has 0 radical (unpaired) electrons. The smallest absolute Gasteiger partial charge is 0.0887 e. The highest BCUT2D eigenvalue weighted by atomic mass is 15.2. The summed E-state index contributed by atoms with van der Waals surface area (Å²) in [6.07, 6.45) is 1.83. The van der Waals surface area contributed by atoms with Crippen LogP contribution in [-0.4, -0.2) is 4.98 Å². The number of aryl methyl sites for hydroxylation is 1. The van der Waals surface area contributed by atoms with Gasteiger partial charge in [-0.2, -0.15) is 0 Å². The second-order valence-electron chi connectivity index (χ2n) is 4.93. The van der Waals surface area contributed by atoms with Gasteiger partial charge in [0, 0.05) is 11.6 Å². The fourth-order valence-electron chi connectivity index (χ4n) is 2.56. The van der Waals surface area contributed by atoms with E-state index in [0.717, 1.165) is 16.6 Å². The van der Waals surface area contributed by atoms with E-state index in [-0.39, 0.29) is 6.04 Å². The lowest BCUT2D eigenvalue weighted by atomic mass is 9.98. The van der Waals surface area contributed by atoms with Crippen LogP contribution in [0.25, 0.3) is 10.8 Å². The van der Waals surface area contributed by atoms with Gasteiger partial charge in [0.1, 0.15) is 0 Å². The molecule has 0 saturated heterocycles. The summed E-state index contributed by atoms with van der Waals surface area (Å²) < 4.78 is 0. The molecule has 0 spiro atoms. The molecule has 1 atom stereocenters. The summed E-state index contributed by atoms with van der Waals surface area (Å²) in [6, 6.07) is 18.5. The van der Waals surface area contributed by atoms with Gasteiger partial charge in [0.2, 0.25) is 0 Å². The molecule has 3 rings (SSSR count). The highest BCUT2D eigenvalue weighted by molar-refractivity contribution is 5.85. The molecule has 1 unspecified atom stereocenters. The van der Waals surface area contributed by atoms with Crippen LogP contribution in [0.5, 0.6) is 0 Å². The minimum absolute atomic E-state index is 0.110. The van der Waals surface area contributed by atoms with Crippen LogP contribution in [0.1, 0.15) is 22.9 Å². The van der Waals surface area contributed by atoms with Gasteiger partial charge >= 0.3 is 0 Å². The van der Waals surface area contributed by atoms with Gasteiger partial charge in [-0.3, -0.25) is 10.8 Å². The van der Waals surface area contributed by atoms with Crippen LogP contribution in [0.3, 0.4) is 0 Å². The number of hydrogen-bond donors (Lipinski definition) is 2. The van der Waals surface area contributed by atoms with E-state index >= 15 is 0 Å². The Kier molecular flexibility index (Phi) is 3.46. The number of nitrogens with two attached hydrogens (primary N) is 1. The van der Waals surface area contributed by atoms with E-state index in [1.807, 2.05) is 30.5 Å². The van der Waals surface area contributed by atoms with Gasteiger partial charge in [0.25, 0.3) is 0 Å². The molecule has 3 aromatic rings. The molecule has 0 amide bonds. The normalized spacial score (nSPS) is 12.5. The molecule has 0 aliphatic carbocycles. The Labute approximate surface area is 118 Å². The average molecular weight is 263 g/mol. The Bertz CT molecular complexity index is 732. The molecule has 3 heteroatoms. The van der Waals surface area contributed by atoms with Gasteiger partial charge in [-0.1, -0.05) is 54.1 Å². The highest BCUT2D eigenvalue weighted by Gasteiger charge is 2.16. The lowest BCUT2D eigenvalue weighted by Crippen LogP contribution is -2.29. The third kappa shape index (κ3) is 2.29. The van der Waals surface area contributed by atoms with E-state index in [1.54, 1.807) is 0 Å². The largest absolute Gasteiger partial charge is 0.271 e. The van der Waals surface area contributed by atoms with Crippen LogP contribution in [0, 0.1) is 6.92 Å². The van der Waals surface area contributed by atoms with E-state index in [4.69, 9.17) is 5.84 Å². The van der Waals surface area contributed by atoms with E-state index in [0.29, 0.717) is 0 Å². The van der Waals surface area contributed by atoms with Gasteiger partial charge in [0.05, 0.1) is 11.7 Å². The Morgan fingerprint density at radius 2 is 1.90 bits per heavy atom. The number of nitrogens with zero attached hydrogens (tertiary/aromatic N) is 1. The third-order valence-corrected chi connectivity index (χ3v) is 3.52. The van der Waals surface area contributed by atoms with Crippen molar-refractivity contribution in [2.45, 2.75) is 13.0 Å². The zero-order chi connectivity index (χ0) is 13.9. The molecule has 2 aromatic carbocycles. The lowest BCUT2D eigenvalue weighted by Gasteiger charge is -2.18. The summed E-state index contributed by atoms with van der Waals surface area (Å²) in [5, 5.41) is 2.30. The standard InChI is InChI=1S/C17H17N3/c1-12-5-4-7-14(11-12)16(20-18)17-15-8-3-2-6-13(15)9-10-19-17/h2-11,16,20H,18H2,1H3. The average Bonchev–Trinajstić information content (AvgIpc) is 2.48. The van der Waals surface area contributed by atoms with Gasteiger partial charge in [-0.25, -0.2) is 5.43 Å². The fraction of sp³-hybridized carbons (Fsp3) is 0.118. The summed E-state index contributed by atoms with van der Waals surface area (Å²) in [5.41, 5.74) is 6.18. The van der Waals surface area contributed by atoms with Crippen molar-refractivity contribution in [1.29, 1.82) is 0 Å². The van der Waals surface area contributed by atoms with Crippen LogP contribution in [0.4, 0.5) is 0 Å². The SMILES string of the molecule is Cc1cccc(C(NN)c2nccc3ccccc23)c1. The number of nitrogens with one attached hydrogen (secondary N) is 1. The van der Waals surface area contributed by atoms with Crippen LogP contribution in [0.15, 0.2) is 60.8 Å². The third-order valence-electron chi connectivity index (χ3n) is 3.52. The molecule has 0 saturated carbocycles. The van der Waals surface area contributed by atoms with Crippen molar-refractivity contribution in [3.8, 4) is 0 Å². The van der Waals surface area contributed by atoms with Crippen molar-refractivity contribution < 1.29 is 0 Å². The highest BCUT2D eigenvalue weighted by Crippen LogP contribution is 2.26. The number of pyridine rings is 1. The van der Waals surface area contributed by atoms with Gasteiger partial charge in [-0.05, 0) is 23.9 Å². The lowest BCUT2D eigenvalue weighted by molar-refractivity contribution is 0.625. The van der Waals surface area contributed by atoms with Crippen molar-refractivity contribution >= 4 is 10.8 Å². The zero-order valence-corrected chi connectivity index (χ0v) is 11.4. The molecular weight excluding hydrogens is 246 g/mol. The van der Waals surface area contributed by atoms with Crippen molar-refractivity contribution in [3.63, 3.8) is 0 Å². The summed E-state index contributed by atoms with van der Waals surface area (Å²) in [6.45, 7) is 2.08. The Morgan fingerprint density at radius 1 is 1.05 bits per heavy atom. The van der Waals surface area contributed by atoms with Gasteiger partial charge < -0.3 is 0 Å². The van der Waals surface area contributed by atoms with Crippen molar-refractivity contribution in [3.05, 3.63) is 77.6 Å². The zero-order valence-electron chi connectivity index (χ0n) is 11.4. The first-order valence-electron chi connectivity index (χ1n) is 6.66.